The molecule has 8 heteroatoms. The number of aliphatic hydroxyl groups excluding tert-OH is 1. The van der Waals surface area contributed by atoms with Gasteiger partial charge in [-0.3, -0.25) is 9.71 Å². The van der Waals surface area contributed by atoms with E-state index in [1.165, 1.54) is 16.6 Å². The van der Waals surface area contributed by atoms with Gasteiger partial charge in [-0.2, -0.15) is 12.7 Å². The van der Waals surface area contributed by atoms with Gasteiger partial charge in [-0.05, 0) is 24.8 Å². The molecule has 1 atom stereocenters. The third-order valence-corrected chi connectivity index (χ3v) is 4.58. The van der Waals surface area contributed by atoms with E-state index >= 15 is 0 Å². The third kappa shape index (κ3) is 3.40. The lowest BCUT2D eigenvalue weighted by molar-refractivity contribution is 0.166. The predicted octanol–water partition coefficient (Wildman–Crippen LogP) is 0.582. The molecule has 0 amide bonds. The van der Waals surface area contributed by atoms with Gasteiger partial charge in [0, 0.05) is 25.9 Å². The molecule has 0 aliphatic carbocycles. The number of hydrogen-bond acceptors (Lipinski definition) is 4. The highest BCUT2D eigenvalue weighted by Gasteiger charge is 2.29. The Morgan fingerprint density at radius 2 is 2.37 bits per heavy atom. The summed E-state index contributed by atoms with van der Waals surface area (Å²) >= 11 is 0. The van der Waals surface area contributed by atoms with Crippen LogP contribution in [0, 0.1) is 11.7 Å². The number of rotatable bonds is 4. The van der Waals surface area contributed by atoms with Gasteiger partial charge in [-0.25, -0.2) is 4.39 Å². The molecule has 0 spiro atoms. The van der Waals surface area contributed by atoms with Crippen LogP contribution in [0.2, 0.25) is 0 Å². The zero-order valence-electron chi connectivity index (χ0n) is 10.3. The van der Waals surface area contributed by atoms with E-state index in [0.29, 0.717) is 13.0 Å². The van der Waals surface area contributed by atoms with Crippen molar-refractivity contribution in [2.75, 3.05) is 24.4 Å². The van der Waals surface area contributed by atoms with Gasteiger partial charge in [0.15, 0.2) is 5.82 Å². The van der Waals surface area contributed by atoms with Crippen LogP contribution in [0.4, 0.5) is 10.1 Å². The highest BCUT2D eigenvalue weighted by molar-refractivity contribution is 7.90. The zero-order valence-corrected chi connectivity index (χ0v) is 11.1. The van der Waals surface area contributed by atoms with Crippen molar-refractivity contribution < 1.29 is 17.9 Å². The van der Waals surface area contributed by atoms with Crippen LogP contribution < -0.4 is 4.72 Å². The van der Waals surface area contributed by atoms with E-state index < -0.39 is 16.0 Å². The fourth-order valence-corrected chi connectivity index (χ4v) is 3.40. The summed E-state index contributed by atoms with van der Waals surface area (Å²) in [4.78, 5) is 3.56. The van der Waals surface area contributed by atoms with Crippen LogP contribution in [0.25, 0.3) is 0 Å². The highest BCUT2D eigenvalue weighted by Crippen LogP contribution is 2.21. The lowest BCUT2D eigenvalue weighted by Gasteiger charge is -2.31. The average Bonchev–Trinajstić information content (AvgIpc) is 2.41. The van der Waals surface area contributed by atoms with Gasteiger partial charge in [0.2, 0.25) is 0 Å². The second-order valence-corrected chi connectivity index (χ2v) is 6.18. The van der Waals surface area contributed by atoms with Gasteiger partial charge in [0.1, 0.15) is 0 Å². The Morgan fingerprint density at radius 1 is 1.58 bits per heavy atom. The summed E-state index contributed by atoms with van der Waals surface area (Å²) in [5.74, 6) is -0.783. The maximum atomic E-state index is 13.4. The van der Waals surface area contributed by atoms with Gasteiger partial charge < -0.3 is 5.11 Å². The van der Waals surface area contributed by atoms with Gasteiger partial charge in [-0.1, -0.05) is 0 Å². The second kappa shape index (κ2) is 5.81. The van der Waals surface area contributed by atoms with E-state index in [0.717, 1.165) is 12.6 Å². The Bertz CT molecular complexity index is 538. The fraction of sp³-hybridized carbons (Fsp3) is 0.545. The van der Waals surface area contributed by atoms with Crippen molar-refractivity contribution in [3.8, 4) is 0 Å². The van der Waals surface area contributed by atoms with E-state index in [2.05, 4.69) is 9.71 Å². The van der Waals surface area contributed by atoms with Crippen LogP contribution in [0.15, 0.2) is 18.5 Å². The molecule has 106 valence electrons. The molecular formula is C11H16FN3O3S. The number of aromatic nitrogens is 1. The number of pyridine rings is 1. The first-order valence-electron chi connectivity index (χ1n) is 6.01. The van der Waals surface area contributed by atoms with Gasteiger partial charge >= 0.3 is 10.2 Å². The summed E-state index contributed by atoms with van der Waals surface area (Å²) in [6, 6.07) is 1.26. The molecular weight excluding hydrogens is 273 g/mol. The van der Waals surface area contributed by atoms with Crippen LogP contribution in [-0.4, -0.2) is 42.5 Å². The first-order valence-corrected chi connectivity index (χ1v) is 7.45. The largest absolute Gasteiger partial charge is 0.396 e. The Balaban J connectivity index is 2.12. The van der Waals surface area contributed by atoms with Crippen LogP contribution in [0.1, 0.15) is 12.8 Å². The molecule has 1 unspecified atom stereocenters. The lowest BCUT2D eigenvalue weighted by Crippen LogP contribution is -2.43. The number of piperidine rings is 1. The Kier molecular flexibility index (Phi) is 4.33. The van der Waals surface area contributed by atoms with E-state index in [4.69, 9.17) is 5.11 Å². The molecule has 0 aromatic carbocycles. The predicted molar refractivity (Wildman–Crippen MR) is 68.1 cm³/mol. The smallest absolute Gasteiger partial charge is 0.301 e. The molecule has 1 fully saturated rings. The highest BCUT2D eigenvalue weighted by atomic mass is 32.2. The summed E-state index contributed by atoms with van der Waals surface area (Å²) in [5, 5.41) is 9.10. The van der Waals surface area contributed by atoms with E-state index in [1.54, 1.807) is 0 Å². The van der Waals surface area contributed by atoms with Crippen molar-refractivity contribution in [1.29, 1.82) is 0 Å². The molecule has 0 saturated carbocycles. The first-order chi connectivity index (χ1) is 9.03. The summed E-state index contributed by atoms with van der Waals surface area (Å²) in [6.45, 7) is 0.576. The van der Waals surface area contributed by atoms with Crippen LogP contribution in [0.3, 0.4) is 0 Å². The fourth-order valence-electron chi connectivity index (χ4n) is 2.06. The number of hydrogen-bond donors (Lipinski definition) is 2. The molecule has 1 aromatic rings. The molecule has 1 saturated heterocycles. The van der Waals surface area contributed by atoms with Crippen molar-refractivity contribution in [2.24, 2.45) is 5.92 Å². The SMILES string of the molecule is O=S(=O)(Nc1ccncc1F)N1CCCC(CO)C1. The normalized spacial score (nSPS) is 21.3. The van der Waals surface area contributed by atoms with Gasteiger partial charge in [0.25, 0.3) is 0 Å². The summed E-state index contributed by atoms with van der Waals surface area (Å²) in [5.41, 5.74) is -0.124. The van der Waals surface area contributed by atoms with E-state index in [-0.39, 0.29) is 24.8 Å². The molecule has 1 aliphatic heterocycles. The summed E-state index contributed by atoms with van der Waals surface area (Å²) < 4.78 is 41.0. The Labute approximate surface area is 111 Å². The van der Waals surface area contributed by atoms with Gasteiger partial charge in [-0.15, -0.1) is 0 Å². The third-order valence-electron chi connectivity index (χ3n) is 3.09. The maximum Gasteiger partial charge on any atom is 0.301 e. The Morgan fingerprint density at radius 3 is 3.05 bits per heavy atom. The minimum Gasteiger partial charge on any atom is -0.396 e. The number of halogens is 1. The van der Waals surface area contributed by atoms with Crippen molar-refractivity contribution >= 4 is 15.9 Å². The monoisotopic (exact) mass is 289 g/mol. The molecule has 0 bridgehead atoms. The first kappa shape index (κ1) is 14.2. The van der Waals surface area contributed by atoms with Crippen LogP contribution in [-0.2, 0) is 10.2 Å². The Hall–Kier alpha value is -1.25. The number of aliphatic hydroxyl groups is 1. The maximum absolute atomic E-state index is 13.4. The molecule has 2 heterocycles. The van der Waals surface area contributed by atoms with Crippen molar-refractivity contribution in [2.45, 2.75) is 12.8 Å². The summed E-state index contributed by atoms with van der Waals surface area (Å²) in [6.07, 6.45) is 3.75. The van der Waals surface area contributed by atoms with Crippen LogP contribution in [0.5, 0.6) is 0 Å². The number of nitrogens with zero attached hydrogens (tertiary/aromatic N) is 2. The molecule has 2 rings (SSSR count). The van der Waals surface area contributed by atoms with E-state index in [9.17, 15) is 12.8 Å². The molecule has 0 radical (unpaired) electrons. The zero-order chi connectivity index (χ0) is 13.9. The minimum atomic E-state index is -3.80. The molecule has 2 N–H and O–H groups in total. The molecule has 6 nitrogen and oxygen atoms in total. The van der Waals surface area contributed by atoms with E-state index in [1.807, 2.05) is 0 Å². The standard InChI is InChI=1S/C11H16FN3O3S/c12-10-6-13-4-3-11(10)14-19(17,18)15-5-1-2-9(7-15)8-16/h3-4,6,9,16H,1-2,5,7-8H2,(H,13,14). The summed E-state index contributed by atoms with van der Waals surface area (Å²) in [7, 11) is -3.80. The number of nitrogens with one attached hydrogen (secondary N) is 1. The second-order valence-electron chi connectivity index (χ2n) is 4.51. The van der Waals surface area contributed by atoms with Crippen LogP contribution >= 0.6 is 0 Å². The van der Waals surface area contributed by atoms with Crippen molar-refractivity contribution in [3.63, 3.8) is 0 Å². The van der Waals surface area contributed by atoms with Crippen molar-refractivity contribution in [3.05, 3.63) is 24.3 Å². The molecule has 1 aromatic heterocycles. The molecule has 1 aliphatic rings. The minimum absolute atomic E-state index is 0.0460. The lowest BCUT2D eigenvalue weighted by atomic mass is 10.0. The number of anilines is 1. The quantitative estimate of drug-likeness (QED) is 0.849. The van der Waals surface area contributed by atoms with Crippen molar-refractivity contribution in [1.82, 2.24) is 9.29 Å². The molecule has 19 heavy (non-hydrogen) atoms. The average molecular weight is 289 g/mol. The van der Waals surface area contributed by atoms with Gasteiger partial charge in [0.05, 0.1) is 11.9 Å². The topological polar surface area (TPSA) is 82.5 Å².